The number of amides is 3. The number of aromatic hydroxyl groups is 1. The molecule has 2 aliphatic rings. The van der Waals surface area contributed by atoms with Crippen LogP contribution in [0.3, 0.4) is 0 Å². The fraction of sp³-hybridized carbons (Fsp3) is 0.586. The highest BCUT2D eigenvalue weighted by molar-refractivity contribution is 6.32. The van der Waals surface area contributed by atoms with Gasteiger partial charge in [-0.25, -0.2) is 0 Å². The SMILES string of the molecule is CC(C)CCN1C(=O)CCCN(C(=O)Cc2ccc(O)c(Cl)c2)CCCNC(=O)c2nn(C)c3c2CC1CC3. The standard InChI is InChI=1S/C29H40ClN5O4/c1-19(2)11-15-35-21-8-9-24-22(18-21)28(32-33(24)3)29(39)31-12-5-14-34(13-4-6-26(35)37)27(38)17-20-7-10-25(36)23(30)16-20/h7,10,16,19,21,36H,4-6,8-9,11-15,17-18H2,1-3H3,(H,31,39). The molecule has 1 aliphatic heterocycles. The van der Waals surface area contributed by atoms with Crippen molar-refractivity contribution in [2.75, 3.05) is 26.2 Å². The number of benzene rings is 1. The fourth-order valence-corrected chi connectivity index (χ4v) is 5.76. The molecule has 2 aromatic rings. The Labute approximate surface area is 235 Å². The van der Waals surface area contributed by atoms with E-state index in [1.54, 1.807) is 21.7 Å². The molecule has 0 saturated heterocycles. The first-order chi connectivity index (χ1) is 18.6. The van der Waals surface area contributed by atoms with E-state index in [1.165, 1.54) is 6.07 Å². The monoisotopic (exact) mass is 557 g/mol. The molecule has 1 aliphatic carbocycles. The Morgan fingerprint density at radius 3 is 2.72 bits per heavy atom. The number of hydrogen-bond donors (Lipinski definition) is 2. The van der Waals surface area contributed by atoms with E-state index in [1.807, 2.05) is 11.9 Å². The number of hydrogen-bond acceptors (Lipinski definition) is 5. The van der Waals surface area contributed by atoms with Crippen LogP contribution in [0.4, 0.5) is 0 Å². The largest absolute Gasteiger partial charge is 0.506 e. The molecule has 0 saturated carbocycles. The van der Waals surface area contributed by atoms with E-state index in [0.29, 0.717) is 69.0 Å². The predicted molar refractivity (Wildman–Crippen MR) is 150 cm³/mol. The van der Waals surface area contributed by atoms with Crippen LogP contribution in [-0.4, -0.2) is 74.6 Å². The highest BCUT2D eigenvalue weighted by Crippen LogP contribution is 2.29. The normalized spacial score (nSPS) is 19.1. The van der Waals surface area contributed by atoms with Crippen molar-refractivity contribution in [2.45, 2.75) is 71.3 Å². The molecule has 1 unspecified atom stereocenters. The number of halogens is 1. The minimum atomic E-state index is -0.209. The maximum atomic E-state index is 13.6. The Bertz CT molecular complexity index is 1210. The molecule has 212 valence electrons. The van der Waals surface area contributed by atoms with Crippen molar-refractivity contribution >= 4 is 29.3 Å². The average molecular weight is 558 g/mol. The minimum absolute atomic E-state index is 0.0243. The first-order valence-electron chi connectivity index (χ1n) is 14.0. The molecule has 0 fully saturated rings. The molecule has 0 radical (unpaired) electrons. The van der Waals surface area contributed by atoms with Crippen LogP contribution in [0.25, 0.3) is 0 Å². The van der Waals surface area contributed by atoms with Gasteiger partial charge in [-0.15, -0.1) is 0 Å². The molecule has 39 heavy (non-hydrogen) atoms. The summed E-state index contributed by atoms with van der Waals surface area (Å²) in [5.41, 5.74) is 3.18. The number of phenols is 1. The number of phenolic OH excluding ortho intramolecular Hbond substituents is 1. The van der Waals surface area contributed by atoms with Crippen molar-refractivity contribution in [3.63, 3.8) is 0 Å². The summed E-state index contributed by atoms with van der Waals surface area (Å²) >= 11 is 6.04. The Hall–Kier alpha value is -3.07. The molecule has 1 aromatic heterocycles. The van der Waals surface area contributed by atoms with Crippen LogP contribution < -0.4 is 5.32 Å². The third kappa shape index (κ3) is 7.12. The smallest absolute Gasteiger partial charge is 0.272 e. The van der Waals surface area contributed by atoms with E-state index in [4.69, 9.17) is 11.6 Å². The molecule has 2 N–H and O–H groups in total. The van der Waals surface area contributed by atoms with Crippen LogP contribution in [0, 0.1) is 5.92 Å². The molecule has 1 aromatic carbocycles. The maximum Gasteiger partial charge on any atom is 0.272 e. The zero-order valence-electron chi connectivity index (χ0n) is 23.2. The fourth-order valence-electron chi connectivity index (χ4n) is 5.56. The quantitative estimate of drug-likeness (QED) is 0.585. The molecule has 0 spiro atoms. The van der Waals surface area contributed by atoms with Gasteiger partial charge in [-0.3, -0.25) is 19.1 Å². The number of nitrogens with one attached hydrogen (secondary N) is 1. The second-order valence-corrected chi connectivity index (χ2v) is 11.5. The maximum absolute atomic E-state index is 13.6. The van der Waals surface area contributed by atoms with Crippen LogP contribution in [0.2, 0.25) is 5.02 Å². The van der Waals surface area contributed by atoms with Gasteiger partial charge in [0.15, 0.2) is 5.69 Å². The summed E-state index contributed by atoms with van der Waals surface area (Å²) in [6, 6.07) is 4.79. The topological polar surface area (TPSA) is 108 Å². The number of nitrogens with zero attached hydrogens (tertiary/aromatic N) is 4. The molecule has 10 heteroatoms. The number of carbonyl (C=O) groups excluding carboxylic acids is 3. The third-order valence-corrected chi connectivity index (χ3v) is 8.08. The van der Waals surface area contributed by atoms with Crippen molar-refractivity contribution in [3.05, 3.63) is 45.7 Å². The van der Waals surface area contributed by atoms with Gasteiger partial charge in [0.05, 0.1) is 11.4 Å². The van der Waals surface area contributed by atoms with Gasteiger partial charge in [0, 0.05) is 56.9 Å². The molecule has 1 atom stereocenters. The van der Waals surface area contributed by atoms with E-state index in [-0.39, 0.29) is 41.0 Å². The Morgan fingerprint density at radius 2 is 1.97 bits per heavy atom. The van der Waals surface area contributed by atoms with Gasteiger partial charge in [0.25, 0.3) is 5.91 Å². The van der Waals surface area contributed by atoms with Gasteiger partial charge in [-0.2, -0.15) is 5.10 Å². The lowest BCUT2D eigenvalue weighted by Gasteiger charge is -2.35. The summed E-state index contributed by atoms with van der Waals surface area (Å²) in [6.45, 7) is 6.33. The number of carbonyl (C=O) groups is 3. The van der Waals surface area contributed by atoms with Gasteiger partial charge >= 0.3 is 0 Å². The Balaban J connectivity index is 1.54. The number of fused-ring (bicyclic) bond motifs is 1. The van der Waals surface area contributed by atoms with Crippen LogP contribution >= 0.6 is 11.6 Å². The summed E-state index contributed by atoms with van der Waals surface area (Å²) in [5, 5.41) is 17.4. The highest BCUT2D eigenvalue weighted by atomic mass is 35.5. The molecule has 2 bridgehead atoms. The van der Waals surface area contributed by atoms with Gasteiger partial charge in [0.2, 0.25) is 11.8 Å². The number of aryl methyl sites for hydroxylation is 1. The minimum Gasteiger partial charge on any atom is -0.506 e. The van der Waals surface area contributed by atoms with Crippen molar-refractivity contribution in [3.8, 4) is 5.75 Å². The van der Waals surface area contributed by atoms with E-state index in [9.17, 15) is 19.5 Å². The first-order valence-corrected chi connectivity index (χ1v) is 14.4. The molecule has 9 nitrogen and oxygen atoms in total. The molecular weight excluding hydrogens is 518 g/mol. The lowest BCUT2D eigenvalue weighted by molar-refractivity contribution is -0.135. The molecule has 4 rings (SSSR count). The number of aromatic nitrogens is 2. The van der Waals surface area contributed by atoms with Gasteiger partial charge in [-0.1, -0.05) is 31.5 Å². The van der Waals surface area contributed by atoms with Crippen molar-refractivity contribution in [1.29, 1.82) is 0 Å². The van der Waals surface area contributed by atoms with Crippen LogP contribution in [-0.2, 0) is 35.9 Å². The van der Waals surface area contributed by atoms with Gasteiger partial charge in [0.1, 0.15) is 5.75 Å². The lowest BCUT2D eigenvalue weighted by atomic mass is 9.89. The number of rotatable bonds is 5. The van der Waals surface area contributed by atoms with Crippen molar-refractivity contribution in [2.24, 2.45) is 13.0 Å². The van der Waals surface area contributed by atoms with E-state index in [2.05, 4.69) is 24.3 Å². The molecular formula is C29H40ClN5O4. The zero-order chi connectivity index (χ0) is 28.1. The second kappa shape index (κ2) is 12.9. The van der Waals surface area contributed by atoms with Crippen molar-refractivity contribution in [1.82, 2.24) is 24.9 Å². The van der Waals surface area contributed by atoms with Crippen LogP contribution in [0.1, 0.15) is 73.3 Å². The third-order valence-electron chi connectivity index (χ3n) is 7.78. The van der Waals surface area contributed by atoms with E-state index < -0.39 is 0 Å². The Morgan fingerprint density at radius 1 is 1.21 bits per heavy atom. The van der Waals surface area contributed by atoms with E-state index >= 15 is 0 Å². The van der Waals surface area contributed by atoms with E-state index in [0.717, 1.165) is 30.5 Å². The van der Waals surface area contributed by atoms with Crippen LogP contribution in [0.15, 0.2) is 18.2 Å². The van der Waals surface area contributed by atoms with Crippen LogP contribution in [0.5, 0.6) is 5.75 Å². The van der Waals surface area contributed by atoms with Gasteiger partial charge in [-0.05, 0) is 62.1 Å². The lowest BCUT2D eigenvalue weighted by Crippen LogP contribution is -2.45. The highest BCUT2D eigenvalue weighted by Gasteiger charge is 2.33. The first kappa shape index (κ1) is 28.9. The Kier molecular flexibility index (Phi) is 9.53. The zero-order valence-corrected chi connectivity index (χ0v) is 24.0. The predicted octanol–water partition coefficient (Wildman–Crippen LogP) is 3.50. The molecule has 3 amide bonds. The summed E-state index contributed by atoms with van der Waals surface area (Å²) in [6.07, 6.45) is 4.84. The summed E-state index contributed by atoms with van der Waals surface area (Å²) in [4.78, 5) is 43.7. The van der Waals surface area contributed by atoms with Gasteiger partial charge < -0.3 is 20.2 Å². The second-order valence-electron chi connectivity index (χ2n) is 11.1. The summed E-state index contributed by atoms with van der Waals surface area (Å²) < 4.78 is 1.81. The summed E-state index contributed by atoms with van der Waals surface area (Å²) in [7, 11) is 1.88. The average Bonchev–Trinajstić information content (AvgIpc) is 3.22. The summed E-state index contributed by atoms with van der Waals surface area (Å²) in [5.74, 6) is 0.258. The van der Waals surface area contributed by atoms with Crippen molar-refractivity contribution < 1.29 is 19.5 Å². The molecule has 2 heterocycles.